The number of nitrogens with zero attached hydrogens (tertiary/aromatic N) is 4. The molecule has 0 aromatic carbocycles. The molecule has 0 aliphatic rings. The molecule has 0 atom stereocenters. The van der Waals surface area contributed by atoms with Crippen molar-refractivity contribution in [1.82, 2.24) is 15.0 Å². The molecule has 2 rings (SSSR count). The number of anilines is 2. The standard InChI is InChI=1S/C15H21N5O/c1-3-9-21-15-13(16)14(18-11-19-15)20(4-2)10-12-5-7-17-8-6-12/h5-8,11H,3-4,9-10,16H2,1-2H3. The van der Waals surface area contributed by atoms with Crippen LogP contribution in [0.1, 0.15) is 25.8 Å². The van der Waals surface area contributed by atoms with Gasteiger partial charge in [0.2, 0.25) is 5.88 Å². The normalized spacial score (nSPS) is 10.4. The van der Waals surface area contributed by atoms with Gasteiger partial charge in [0.15, 0.2) is 5.82 Å². The number of nitrogen functional groups attached to an aromatic ring is 1. The van der Waals surface area contributed by atoms with Crippen molar-refractivity contribution < 1.29 is 4.74 Å². The summed E-state index contributed by atoms with van der Waals surface area (Å²) in [6.07, 6.45) is 5.96. The van der Waals surface area contributed by atoms with Gasteiger partial charge >= 0.3 is 0 Å². The third-order valence-electron chi connectivity index (χ3n) is 3.07. The van der Waals surface area contributed by atoms with Crippen molar-refractivity contribution in [3.05, 3.63) is 36.4 Å². The summed E-state index contributed by atoms with van der Waals surface area (Å²) in [7, 11) is 0. The second-order valence-corrected chi connectivity index (χ2v) is 4.63. The largest absolute Gasteiger partial charge is 0.476 e. The number of rotatable bonds is 7. The zero-order valence-electron chi connectivity index (χ0n) is 12.5. The number of pyridine rings is 1. The van der Waals surface area contributed by atoms with Gasteiger partial charge in [-0.2, -0.15) is 4.98 Å². The first kappa shape index (κ1) is 15.0. The smallest absolute Gasteiger partial charge is 0.242 e. The Hall–Kier alpha value is -2.37. The third kappa shape index (κ3) is 3.81. The molecule has 2 aromatic heterocycles. The first-order valence-corrected chi connectivity index (χ1v) is 7.13. The van der Waals surface area contributed by atoms with Crippen LogP contribution in [0.4, 0.5) is 11.5 Å². The van der Waals surface area contributed by atoms with E-state index in [1.165, 1.54) is 6.33 Å². The van der Waals surface area contributed by atoms with Crippen molar-refractivity contribution in [2.24, 2.45) is 0 Å². The third-order valence-corrected chi connectivity index (χ3v) is 3.07. The first-order chi connectivity index (χ1) is 10.3. The number of ether oxygens (including phenoxy) is 1. The molecule has 0 saturated heterocycles. The average molecular weight is 287 g/mol. The molecule has 0 amide bonds. The zero-order chi connectivity index (χ0) is 15.1. The minimum absolute atomic E-state index is 0.454. The van der Waals surface area contributed by atoms with Crippen LogP contribution >= 0.6 is 0 Å². The lowest BCUT2D eigenvalue weighted by molar-refractivity contribution is 0.306. The minimum Gasteiger partial charge on any atom is -0.476 e. The molecule has 2 aromatic rings. The van der Waals surface area contributed by atoms with Crippen molar-refractivity contribution >= 4 is 11.5 Å². The van der Waals surface area contributed by atoms with Crippen LogP contribution in [0.3, 0.4) is 0 Å². The second kappa shape index (κ2) is 7.42. The van der Waals surface area contributed by atoms with E-state index in [0.29, 0.717) is 30.5 Å². The Labute approximate surface area is 125 Å². The van der Waals surface area contributed by atoms with Crippen LogP contribution in [0.2, 0.25) is 0 Å². The highest BCUT2D eigenvalue weighted by molar-refractivity contribution is 5.67. The van der Waals surface area contributed by atoms with Gasteiger partial charge in [-0.25, -0.2) is 4.98 Å². The van der Waals surface area contributed by atoms with E-state index >= 15 is 0 Å². The maximum atomic E-state index is 6.15. The fourth-order valence-corrected chi connectivity index (χ4v) is 1.98. The maximum Gasteiger partial charge on any atom is 0.242 e. The van der Waals surface area contributed by atoms with Crippen LogP contribution in [-0.2, 0) is 6.54 Å². The zero-order valence-corrected chi connectivity index (χ0v) is 12.5. The van der Waals surface area contributed by atoms with Gasteiger partial charge in [0.05, 0.1) is 6.61 Å². The first-order valence-electron chi connectivity index (χ1n) is 7.13. The van der Waals surface area contributed by atoms with Crippen molar-refractivity contribution in [2.75, 3.05) is 23.8 Å². The Kier molecular flexibility index (Phi) is 5.31. The van der Waals surface area contributed by atoms with Crippen molar-refractivity contribution in [3.63, 3.8) is 0 Å². The number of hydrogen-bond acceptors (Lipinski definition) is 6. The van der Waals surface area contributed by atoms with Crippen molar-refractivity contribution in [1.29, 1.82) is 0 Å². The molecule has 0 unspecified atom stereocenters. The lowest BCUT2D eigenvalue weighted by atomic mass is 10.2. The Morgan fingerprint density at radius 3 is 2.62 bits per heavy atom. The number of aromatic nitrogens is 3. The molecule has 0 fully saturated rings. The van der Waals surface area contributed by atoms with E-state index in [9.17, 15) is 0 Å². The molecule has 0 radical (unpaired) electrons. The molecular weight excluding hydrogens is 266 g/mol. The highest BCUT2D eigenvalue weighted by atomic mass is 16.5. The van der Waals surface area contributed by atoms with Crippen LogP contribution in [0.25, 0.3) is 0 Å². The Bertz CT molecular complexity index is 561. The fourth-order valence-electron chi connectivity index (χ4n) is 1.98. The average Bonchev–Trinajstić information content (AvgIpc) is 2.53. The molecule has 6 heteroatoms. The number of hydrogen-bond donors (Lipinski definition) is 1. The van der Waals surface area contributed by atoms with Crippen LogP contribution < -0.4 is 15.4 Å². The maximum absolute atomic E-state index is 6.15. The molecule has 6 nitrogen and oxygen atoms in total. The molecule has 0 saturated carbocycles. The molecule has 2 N–H and O–H groups in total. The van der Waals surface area contributed by atoms with E-state index in [-0.39, 0.29) is 0 Å². The van der Waals surface area contributed by atoms with Crippen LogP contribution in [0, 0.1) is 0 Å². The topological polar surface area (TPSA) is 77.2 Å². The SMILES string of the molecule is CCCOc1ncnc(N(CC)Cc2ccncc2)c1N. The quantitative estimate of drug-likeness (QED) is 0.841. The van der Waals surface area contributed by atoms with Crippen LogP contribution in [-0.4, -0.2) is 28.1 Å². The van der Waals surface area contributed by atoms with Crippen LogP contribution in [0.5, 0.6) is 5.88 Å². The summed E-state index contributed by atoms with van der Waals surface area (Å²) in [4.78, 5) is 14.5. The summed E-state index contributed by atoms with van der Waals surface area (Å²) in [5.41, 5.74) is 7.79. The monoisotopic (exact) mass is 287 g/mol. The van der Waals surface area contributed by atoms with Gasteiger partial charge < -0.3 is 15.4 Å². The van der Waals surface area contributed by atoms with Gasteiger partial charge in [-0.05, 0) is 31.0 Å². The summed E-state index contributed by atoms with van der Waals surface area (Å²) >= 11 is 0. The molecule has 112 valence electrons. The number of nitrogens with two attached hydrogens (primary N) is 1. The highest BCUT2D eigenvalue weighted by Crippen LogP contribution is 2.28. The molecule has 0 spiro atoms. The Morgan fingerprint density at radius 2 is 1.95 bits per heavy atom. The van der Waals surface area contributed by atoms with Gasteiger partial charge in [0, 0.05) is 25.5 Å². The summed E-state index contributed by atoms with van der Waals surface area (Å²) in [5, 5.41) is 0. The lowest BCUT2D eigenvalue weighted by Crippen LogP contribution is -2.24. The summed E-state index contributed by atoms with van der Waals surface area (Å²) in [6.45, 7) is 6.21. The van der Waals surface area contributed by atoms with E-state index in [1.807, 2.05) is 19.1 Å². The molecule has 21 heavy (non-hydrogen) atoms. The summed E-state index contributed by atoms with van der Waals surface area (Å²) in [5.74, 6) is 1.16. The van der Waals surface area contributed by atoms with Gasteiger partial charge in [-0.1, -0.05) is 6.92 Å². The molecule has 0 aliphatic heterocycles. The molecular formula is C15H21N5O. The van der Waals surface area contributed by atoms with Gasteiger partial charge in [-0.15, -0.1) is 0 Å². The van der Waals surface area contributed by atoms with Crippen molar-refractivity contribution in [3.8, 4) is 5.88 Å². The molecule has 2 heterocycles. The highest BCUT2D eigenvalue weighted by Gasteiger charge is 2.15. The van der Waals surface area contributed by atoms with Crippen molar-refractivity contribution in [2.45, 2.75) is 26.8 Å². The predicted molar refractivity (Wildman–Crippen MR) is 83.2 cm³/mol. The van der Waals surface area contributed by atoms with E-state index in [2.05, 4.69) is 26.8 Å². The van der Waals surface area contributed by atoms with Gasteiger partial charge in [0.1, 0.15) is 12.0 Å². The van der Waals surface area contributed by atoms with E-state index in [4.69, 9.17) is 10.5 Å². The minimum atomic E-state index is 0.454. The molecule has 0 aliphatic carbocycles. The summed E-state index contributed by atoms with van der Waals surface area (Å²) < 4.78 is 5.56. The molecule has 0 bridgehead atoms. The van der Waals surface area contributed by atoms with E-state index in [1.54, 1.807) is 12.4 Å². The predicted octanol–water partition coefficient (Wildman–Crippen LogP) is 2.27. The van der Waals surface area contributed by atoms with Crippen LogP contribution in [0.15, 0.2) is 30.9 Å². The fraction of sp³-hybridized carbons (Fsp3) is 0.400. The van der Waals surface area contributed by atoms with E-state index < -0.39 is 0 Å². The Morgan fingerprint density at radius 1 is 1.19 bits per heavy atom. The van der Waals surface area contributed by atoms with E-state index in [0.717, 1.165) is 18.5 Å². The second-order valence-electron chi connectivity index (χ2n) is 4.63. The summed E-state index contributed by atoms with van der Waals surface area (Å²) in [6, 6.07) is 3.96. The van der Waals surface area contributed by atoms with Gasteiger partial charge in [-0.3, -0.25) is 4.98 Å². The lowest BCUT2D eigenvalue weighted by Gasteiger charge is -2.23. The van der Waals surface area contributed by atoms with Gasteiger partial charge in [0.25, 0.3) is 0 Å². The Balaban J connectivity index is 2.21.